The molecule has 3 nitrogen and oxygen atoms in total. The number of aromatic nitrogens is 2. The van der Waals surface area contributed by atoms with E-state index in [9.17, 15) is 0 Å². The van der Waals surface area contributed by atoms with Gasteiger partial charge >= 0.3 is 0 Å². The van der Waals surface area contributed by atoms with Crippen molar-refractivity contribution in [3.8, 4) is 0 Å². The van der Waals surface area contributed by atoms with Crippen molar-refractivity contribution in [3.63, 3.8) is 0 Å². The first-order chi connectivity index (χ1) is 7.79. The van der Waals surface area contributed by atoms with E-state index in [1.165, 1.54) is 12.8 Å². The quantitative estimate of drug-likeness (QED) is 0.888. The molecule has 0 bridgehead atoms. The van der Waals surface area contributed by atoms with Gasteiger partial charge in [0.2, 0.25) is 0 Å². The van der Waals surface area contributed by atoms with Gasteiger partial charge in [0.1, 0.15) is 5.82 Å². The predicted octanol–water partition coefficient (Wildman–Crippen LogP) is 2.37. The second kappa shape index (κ2) is 3.75. The Balaban J connectivity index is 2.20. The number of hydrogen-bond acceptors (Lipinski definition) is 2. The van der Waals surface area contributed by atoms with E-state index in [1.54, 1.807) is 0 Å². The zero-order valence-corrected chi connectivity index (χ0v) is 9.74. The minimum atomic E-state index is 0.623. The minimum absolute atomic E-state index is 0.623. The standard InChI is InChI=1S/C12H14ClN3/c13-9-3-4-11-10(5-6-14)15-12(8-1-2-8)16(11)7-9/h3-4,7-8H,1-2,5-6,14H2. The molecule has 1 fully saturated rings. The normalized spacial score (nSPS) is 15.9. The highest BCUT2D eigenvalue weighted by Crippen LogP contribution is 2.40. The van der Waals surface area contributed by atoms with Gasteiger partial charge < -0.3 is 10.1 Å². The van der Waals surface area contributed by atoms with E-state index < -0.39 is 0 Å². The highest BCUT2D eigenvalue weighted by atomic mass is 35.5. The molecule has 16 heavy (non-hydrogen) atoms. The third-order valence-corrected chi connectivity index (χ3v) is 3.25. The van der Waals surface area contributed by atoms with Crippen LogP contribution in [0.3, 0.4) is 0 Å². The molecule has 1 saturated carbocycles. The second-order valence-corrected chi connectivity index (χ2v) is 4.77. The van der Waals surface area contributed by atoms with Gasteiger partial charge in [-0.3, -0.25) is 0 Å². The Labute approximate surface area is 99.2 Å². The average Bonchev–Trinajstić information content (AvgIpc) is 3.04. The molecule has 0 atom stereocenters. The van der Waals surface area contributed by atoms with Crippen LogP contribution < -0.4 is 5.73 Å². The molecule has 0 spiro atoms. The molecule has 2 N–H and O–H groups in total. The van der Waals surface area contributed by atoms with Crippen LogP contribution in [-0.2, 0) is 6.42 Å². The number of rotatable bonds is 3. The fraction of sp³-hybridized carbons (Fsp3) is 0.417. The summed E-state index contributed by atoms with van der Waals surface area (Å²) in [4.78, 5) is 4.71. The number of hydrogen-bond donors (Lipinski definition) is 1. The number of halogens is 1. The molecule has 2 heterocycles. The van der Waals surface area contributed by atoms with E-state index >= 15 is 0 Å². The SMILES string of the molecule is NCCc1nc(C2CC2)n2cc(Cl)ccc12. The molecular formula is C12H14ClN3. The first-order valence-corrected chi connectivity index (χ1v) is 6.04. The first kappa shape index (κ1) is 10.1. The van der Waals surface area contributed by atoms with Crippen molar-refractivity contribution >= 4 is 17.1 Å². The van der Waals surface area contributed by atoms with Crippen LogP contribution in [-0.4, -0.2) is 15.9 Å². The summed E-state index contributed by atoms with van der Waals surface area (Å²) in [6, 6.07) is 3.95. The van der Waals surface area contributed by atoms with Crippen LogP contribution in [0.2, 0.25) is 5.02 Å². The van der Waals surface area contributed by atoms with Crippen molar-refractivity contribution in [2.45, 2.75) is 25.2 Å². The van der Waals surface area contributed by atoms with Crippen molar-refractivity contribution in [1.82, 2.24) is 9.38 Å². The Morgan fingerprint density at radius 2 is 2.25 bits per heavy atom. The monoisotopic (exact) mass is 235 g/mol. The maximum absolute atomic E-state index is 6.03. The van der Waals surface area contributed by atoms with Crippen LogP contribution in [0.1, 0.15) is 30.3 Å². The molecule has 1 aliphatic carbocycles. The van der Waals surface area contributed by atoms with E-state index in [-0.39, 0.29) is 0 Å². The van der Waals surface area contributed by atoms with Gasteiger partial charge in [-0.05, 0) is 31.5 Å². The Bertz CT molecular complexity index is 528. The maximum Gasteiger partial charge on any atom is 0.116 e. The Hall–Kier alpha value is -1.06. The van der Waals surface area contributed by atoms with E-state index in [4.69, 9.17) is 22.3 Å². The third-order valence-electron chi connectivity index (χ3n) is 3.03. The van der Waals surface area contributed by atoms with Gasteiger partial charge in [0.05, 0.1) is 16.2 Å². The van der Waals surface area contributed by atoms with E-state index in [0.29, 0.717) is 12.5 Å². The number of pyridine rings is 1. The molecule has 2 aromatic rings. The number of imidazole rings is 1. The lowest BCUT2D eigenvalue weighted by Crippen LogP contribution is -2.03. The van der Waals surface area contributed by atoms with Gasteiger partial charge in [0.25, 0.3) is 0 Å². The summed E-state index contributed by atoms with van der Waals surface area (Å²) in [6.45, 7) is 0.638. The van der Waals surface area contributed by atoms with Crippen LogP contribution in [0.25, 0.3) is 5.52 Å². The smallest absolute Gasteiger partial charge is 0.116 e. The Kier molecular flexibility index (Phi) is 2.37. The fourth-order valence-corrected chi connectivity index (χ4v) is 2.26. The molecule has 0 saturated heterocycles. The van der Waals surface area contributed by atoms with Crippen LogP contribution >= 0.6 is 11.6 Å². The van der Waals surface area contributed by atoms with E-state index in [2.05, 4.69) is 4.40 Å². The van der Waals surface area contributed by atoms with Crippen molar-refractivity contribution in [2.75, 3.05) is 6.54 Å². The summed E-state index contributed by atoms with van der Waals surface area (Å²) < 4.78 is 2.13. The van der Waals surface area contributed by atoms with Gasteiger partial charge in [-0.15, -0.1) is 0 Å². The molecule has 4 heteroatoms. The first-order valence-electron chi connectivity index (χ1n) is 5.66. The molecular weight excluding hydrogens is 222 g/mol. The fourth-order valence-electron chi connectivity index (χ4n) is 2.10. The summed E-state index contributed by atoms with van der Waals surface area (Å²) in [5.74, 6) is 1.78. The number of fused-ring (bicyclic) bond motifs is 1. The zero-order valence-electron chi connectivity index (χ0n) is 8.99. The summed E-state index contributed by atoms with van der Waals surface area (Å²) >= 11 is 6.03. The molecule has 0 radical (unpaired) electrons. The zero-order chi connectivity index (χ0) is 11.1. The van der Waals surface area contributed by atoms with Crippen molar-refractivity contribution in [2.24, 2.45) is 5.73 Å². The Morgan fingerprint density at radius 3 is 2.94 bits per heavy atom. The second-order valence-electron chi connectivity index (χ2n) is 4.33. The molecule has 3 rings (SSSR count). The third kappa shape index (κ3) is 1.60. The average molecular weight is 236 g/mol. The minimum Gasteiger partial charge on any atom is -0.330 e. The largest absolute Gasteiger partial charge is 0.330 e. The summed E-state index contributed by atoms with van der Waals surface area (Å²) in [5, 5.41) is 0.756. The van der Waals surface area contributed by atoms with Crippen LogP contribution in [0.15, 0.2) is 18.3 Å². The van der Waals surface area contributed by atoms with Crippen LogP contribution in [0.5, 0.6) is 0 Å². The van der Waals surface area contributed by atoms with Crippen molar-refractivity contribution < 1.29 is 0 Å². The lowest BCUT2D eigenvalue weighted by molar-refractivity contribution is 0.891. The summed E-state index contributed by atoms with van der Waals surface area (Å²) in [5.41, 5.74) is 7.86. The maximum atomic E-state index is 6.03. The van der Waals surface area contributed by atoms with E-state index in [0.717, 1.165) is 28.5 Å². The molecule has 0 aliphatic heterocycles. The van der Waals surface area contributed by atoms with Crippen molar-refractivity contribution in [3.05, 3.63) is 34.9 Å². The molecule has 2 aromatic heterocycles. The van der Waals surface area contributed by atoms with Gasteiger partial charge in [-0.1, -0.05) is 11.6 Å². The highest BCUT2D eigenvalue weighted by molar-refractivity contribution is 6.30. The number of nitrogens with zero attached hydrogens (tertiary/aromatic N) is 2. The molecule has 0 unspecified atom stereocenters. The molecule has 84 valence electrons. The van der Waals surface area contributed by atoms with Crippen molar-refractivity contribution in [1.29, 1.82) is 0 Å². The van der Waals surface area contributed by atoms with Crippen LogP contribution in [0, 0.1) is 0 Å². The molecule has 0 amide bonds. The molecule has 0 aromatic carbocycles. The predicted molar refractivity (Wildman–Crippen MR) is 64.9 cm³/mol. The van der Waals surface area contributed by atoms with Gasteiger partial charge in [-0.25, -0.2) is 4.98 Å². The van der Waals surface area contributed by atoms with E-state index in [1.807, 2.05) is 18.3 Å². The summed E-state index contributed by atoms with van der Waals surface area (Å²) in [6.07, 6.45) is 5.27. The van der Waals surface area contributed by atoms with Crippen LogP contribution in [0.4, 0.5) is 0 Å². The number of nitrogens with two attached hydrogens (primary N) is 1. The van der Waals surface area contributed by atoms with Gasteiger partial charge in [0, 0.05) is 18.5 Å². The molecule has 1 aliphatic rings. The van der Waals surface area contributed by atoms with Gasteiger partial charge in [-0.2, -0.15) is 0 Å². The highest BCUT2D eigenvalue weighted by Gasteiger charge is 2.29. The lowest BCUT2D eigenvalue weighted by atomic mass is 10.2. The topological polar surface area (TPSA) is 43.3 Å². The lowest BCUT2D eigenvalue weighted by Gasteiger charge is -1.99. The van der Waals surface area contributed by atoms with Gasteiger partial charge in [0.15, 0.2) is 0 Å². The summed E-state index contributed by atoms with van der Waals surface area (Å²) in [7, 11) is 0. The Morgan fingerprint density at radius 1 is 1.44 bits per heavy atom.